The number of nitrogens with one attached hydrogen (secondary N) is 1. The van der Waals surface area contributed by atoms with Gasteiger partial charge < -0.3 is 11.1 Å². The predicted octanol–water partition coefficient (Wildman–Crippen LogP) is 3.92. The van der Waals surface area contributed by atoms with Gasteiger partial charge in [-0.3, -0.25) is 0 Å². The first-order chi connectivity index (χ1) is 8.56. The molecular formula is C13H11BrF2N2. The Bertz CT molecular complexity index is 556. The SMILES string of the molecule is Nc1cc(Br)c(F)cc1NCc1ccc(F)cc1. The van der Waals surface area contributed by atoms with Crippen molar-refractivity contribution >= 4 is 27.3 Å². The van der Waals surface area contributed by atoms with Gasteiger partial charge in [-0.2, -0.15) is 0 Å². The van der Waals surface area contributed by atoms with Crippen LogP contribution in [0.25, 0.3) is 0 Å². The normalized spacial score (nSPS) is 10.4. The van der Waals surface area contributed by atoms with Crippen LogP contribution in [-0.4, -0.2) is 0 Å². The monoisotopic (exact) mass is 312 g/mol. The van der Waals surface area contributed by atoms with Crippen molar-refractivity contribution in [1.82, 2.24) is 0 Å². The Morgan fingerprint density at radius 1 is 1.11 bits per heavy atom. The molecule has 0 atom stereocenters. The molecule has 0 saturated carbocycles. The molecule has 0 amide bonds. The molecule has 18 heavy (non-hydrogen) atoms. The van der Waals surface area contributed by atoms with Gasteiger partial charge in [0.05, 0.1) is 15.8 Å². The zero-order valence-corrected chi connectivity index (χ0v) is 11.0. The van der Waals surface area contributed by atoms with Crippen LogP contribution in [0.1, 0.15) is 5.56 Å². The molecule has 5 heteroatoms. The minimum absolute atomic E-state index is 0.284. The number of hydrogen-bond donors (Lipinski definition) is 2. The van der Waals surface area contributed by atoms with Gasteiger partial charge in [-0.25, -0.2) is 8.78 Å². The maximum absolute atomic E-state index is 13.3. The summed E-state index contributed by atoms with van der Waals surface area (Å²) in [4.78, 5) is 0. The Morgan fingerprint density at radius 3 is 2.44 bits per heavy atom. The van der Waals surface area contributed by atoms with Crippen LogP contribution >= 0.6 is 15.9 Å². The summed E-state index contributed by atoms with van der Waals surface area (Å²) in [7, 11) is 0. The van der Waals surface area contributed by atoms with E-state index in [1.165, 1.54) is 24.3 Å². The second-order valence-electron chi connectivity index (χ2n) is 3.83. The molecule has 0 aliphatic heterocycles. The third kappa shape index (κ3) is 2.98. The number of benzene rings is 2. The quantitative estimate of drug-likeness (QED) is 0.843. The highest BCUT2D eigenvalue weighted by Crippen LogP contribution is 2.26. The summed E-state index contributed by atoms with van der Waals surface area (Å²) in [6, 6.07) is 8.90. The molecule has 0 aliphatic carbocycles. The molecule has 3 N–H and O–H groups in total. The molecule has 0 aromatic heterocycles. The predicted molar refractivity (Wildman–Crippen MR) is 72.2 cm³/mol. The fourth-order valence-electron chi connectivity index (χ4n) is 1.51. The van der Waals surface area contributed by atoms with E-state index in [-0.39, 0.29) is 11.6 Å². The summed E-state index contributed by atoms with van der Waals surface area (Å²) in [6.45, 7) is 0.450. The van der Waals surface area contributed by atoms with Crippen molar-refractivity contribution in [2.45, 2.75) is 6.54 Å². The van der Waals surface area contributed by atoms with Crippen LogP contribution < -0.4 is 11.1 Å². The smallest absolute Gasteiger partial charge is 0.139 e. The highest BCUT2D eigenvalue weighted by molar-refractivity contribution is 9.10. The van der Waals surface area contributed by atoms with E-state index in [2.05, 4.69) is 21.2 Å². The average molecular weight is 313 g/mol. The molecule has 0 aliphatic rings. The molecular weight excluding hydrogens is 302 g/mol. The van der Waals surface area contributed by atoms with Crippen molar-refractivity contribution < 1.29 is 8.78 Å². The van der Waals surface area contributed by atoms with Crippen LogP contribution in [0.2, 0.25) is 0 Å². The summed E-state index contributed by atoms with van der Waals surface area (Å²) in [5.41, 5.74) is 7.61. The van der Waals surface area contributed by atoms with E-state index in [1.807, 2.05) is 0 Å². The fourth-order valence-corrected chi connectivity index (χ4v) is 1.88. The van der Waals surface area contributed by atoms with Crippen LogP contribution in [0, 0.1) is 11.6 Å². The maximum atomic E-state index is 13.3. The molecule has 2 nitrogen and oxygen atoms in total. The number of hydrogen-bond acceptors (Lipinski definition) is 2. The van der Waals surface area contributed by atoms with Crippen molar-refractivity contribution in [3.05, 3.63) is 58.1 Å². The van der Waals surface area contributed by atoms with E-state index < -0.39 is 0 Å². The lowest BCUT2D eigenvalue weighted by Crippen LogP contribution is -2.03. The molecule has 2 aromatic carbocycles. The van der Waals surface area contributed by atoms with Gasteiger partial charge in [-0.05, 0) is 39.7 Å². The van der Waals surface area contributed by atoms with Gasteiger partial charge in [0, 0.05) is 12.6 Å². The van der Waals surface area contributed by atoms with Crippen LogP contribution in [0.3, 0.4) is 0 Å². The van der Waals surface area contributed by atoms with Crippen LogP contribution in [0.4, 0.5) is 20.2 Å². The van der Waals surface area contributed by atoms with Crippen molar-refractivity contribution in [3.63, 3.8) is 0 Å². The average Bonchev–Trinajstić information content (AvgIpc) is 2.34. The lowest BCUT2D eigenvalue weighted by molar-refractivity contribution is 0.622. The van der Waals surface area contributed by atoms with Gasteiger partial charge in [0.25, 0.3) is 0 Å². The van der Waals surface area contributed by atoms with Crippen molar-refractivity contribution in [3.8, 4) is 0 Å². The zero-order chi connectivity index (χ0) is 13.1. The van der Waals surface area contributed by atoms with Gasteiger partial charge in [0.1, 0.15) is 11.6 Å². The van der Waals surface area contributed by atoms with Gasteiger partial charge >= 0.3 is 0 Å². The minimum Gasteiger partial charge on any atom is -0.397 e. The van der Waals surface area contributed by atoms with E-state index >= 15 is 0 Å². The number of nitrogens with two attached hydrogens (primary N) is 1. The lowest BCUT2D eigenvalue weighted by atomic mass is 10.2. The molecule has 94 valence electrons. The first-order valence-corrected chi connectivity index (χ1v) is 6.08. The van der Waals surface area contributed by atoms with E-state index in [9.17, 15) is 8.78 Å². The Labute approximate surface area is 112 Å². The number of anilines is 2. The zero-order valence-electron chi connectivity index (χ0n) is 9.38. The molecule has 0 fully saturated rings. The summed E-state index contributed by atoms with van der Waals surface area (Å²) >= 11 is 3.06. The Balaban J connectivity index is 2.10. The third-order valence-corrected chi connectivity index (χ3v) is 3.10. The van der Waals surface area contributed by atoms with Crippen molar-refractivity contribution in [1.29, 1.82) is 0 Å². The largest absolute Gasteiger partial charge is 0.397 e. The summed E-state index contributed by atoms with van der Waals surface area (Å²) < 4.78 is 26.4. The highest BCUT2D eigenvalue weighted by Gasteiger charge is 2.05. The number of halogens is 3. The molecule has 2 aromatic rings. The van der Waals surface area contributed by atoms with Gasteiger partial charge in [0.15, 0.2) is 0 Å². The van der Waals surface area contributed by atoms with Crippen molar-refractivity contribution in [2.24, 2.45) is 0 Å². The van der Waals surface area contributed by atoms with Gasteiger partial charge in [-0.15, -0.1) is 0 Å². The fraction of sp³-hybridized carbons (Fsp3) is 0.0769. The lowest BCUT2D eigenvalue weighted by Gasteiger charge is -2.10. The van der Waals surface area contributed by atoms with Gasteiger partial charge in [0.2, 0.25) is 0 Å². The summed E-state index contributed by atoms with van der Waals surface area (Å²) in [5.74, 6) is -0.668. The van der Waals surface area contributed by atoms with Gasteiger partial charge in [-0.1, -0.05) is 12.1 Å². The minimum atomic E-state index is -0.384. The Kier molecular flexibility index (Phi) is 3.81. The molecule has 0 saturated heterocycles. The van der Waals surface area contributed by atoms with E-state index in [4.69, 9.17) is 5.73 Å². The third-order valence-electron chi connectivity index (χ3n) is 2.49. The van der Waals surface area contributed by atoms with Crippen LogP contribution in [0.15, 0.2) is 40.9 Å². The first kappa shape index (κ1) is 12.8. The second kappa shape index (κ2) is 5.35. The molecule has 0 spiro atoms. The molecule has 0 bridgehead atoms. The Hall–Kier alpha value is -1.62. The highest BCUT2D eigenvalue weighted by atomic mass is 79.9. The standard InChI is InChI=1S/C13H11BrF2N2/c14-10-5-12(17)13(6-11(10)16)18-7-8-1-3-9(15)4-2-8/h1-6,18H,7,17H2. The topological polar surface area (TPSA) is 38.0 Å². The number of rotatable bonds is 3. The Morgan fingerprint density at radius 2 is 1.78 bits per heavy atom. The van der Waals surface area contributed by atoms with Crippen molar-refractivity contribution in [2.75, 3.05) is 11.1 Å². The maximum Gasteiger partial charge on any atom is 0.139 e. The van der Waals surface area contributed by atoms with Crippen LogP contribution in [0.5, 0.6) is 0 Å². The first-order valence-electron chi connectivity index (χ1n) is 5.29. The summed E-state index contributed by atoms with van der Waals surface area (Å²) in [6.07, 6.45) is 0. The number of nitrogen functional groups attached to an aromatic ring is 1. The van der Waals surface area contributed by atoms with E-state index in [1.54, 1.807) is 12.1 Å². The van der Waals surface area contributed by atoms with E-state index in [0.29, 0.717) is 22.4 Å². The molecule has 2 rings (SSSR count). The molecule has 0 unspecified atom stereocenters. The summed E-state index contributed by atoms with van der Waals surface area (Å²) in [5, 5.41) is 3.01. The van der Waals surface area contributed by atoms with Crippen LogP contribution in [-0.2, 0) is 6.54 Å². The second-order valence-corrected chi connectivity index (χ2v) is 4.69. The molecule has 0 radical (unpaired) electrons. The molecule has 0 heterocycles. The van der Waals surface area contributed by atoms with E-state index in [0.717, 1.165) is 5.56 Å².